The van der Waals surface area contributed by atoms with Crippen LogP contribution in [0, 0.1) is 0 Å². The van der Waals surface area contributed by atoms with Crippen LogP contribution in [0.25, 0.3) is 0 Å². The van der Waals surface area contributed by atoms with Crippen LogP contribution in [0.1, 0.15) is 51.4 Å². The van der Waals surface area contributed by atoms with E-state index in [-0.39, 0.29) is 0 Å². The maximum absolute atomic E-state index is 4.26. The second kappa shape index (κ2) is 5.78. The Morgan fingerprint density at radius 3 is 2.43 bits per heavy atom. The van der Waals surface area contributed by atoms with Crippen molar-refractivity contribution >= 4 is 0 Å². The van der Waals surface area contributed by atoms with Crippen molar-refractivity contribution in [3.8, 4) is 0 Å². The average molecular weight is 195 g/mol. The fraction of sp³-hybridized carbons (Fsp3) is 0.818. The lowest BCUT2D eigenvalue weighted by molar-refractivity contribution is 0.593. The van der Waals surface area contributed by atoms with Gasteiger partial charge in [-0.05, 0) is 26.2 Å². The molecular weight excluding hydrogens is 174 g/mol. The number of aromatic nitrogens is 3. The highest BCUT2D eigenvalue weighted by molar-refractivity contribution is 5.10. The van der Waals surface area contributed by atoms with Crippen molar-refractivity contribution in [2.45, 2.75) is 59.4 Å². The lowest BCUT2D eigenvalue weighted by Crippen LogP contribution is -2.04. The van der Waals surface area contributed by atoms with Gasteiger partial charge in [-0.3, -0.25) is 0 Å². The normalized spacial score (nSPS) is 10.8. The van der Waals surface area contributed by atoms with E-state index >= 15 is 0 Å². The summed E-state index contributed by atoms with van der Waals surface area (Å²) in [5, 5.41) is 8.43. The third-order valence-electron chi connectivity index (χ3n) is 2.47. The summed E-state index contributed by atoms with van der Waals surface area (Å²) < 4.78 is 2.04. The summed E-state index contributed by atoms with van der Waals surface area (Å²) in [6, 6.07) is 0. The second-order valence-corrected chi connectivity index (χ2v) is 3.65. The van der Waals surface area contributed by atoms with Crippen molar-refractivity contribution in [3.63, 3.8) is 0 Å². The highest BCUT2D eigenvalue weighted by Gasteiger charge is 2.09. The van der Waals surface area contributed by atoms with Gasteiger partial charge < -0.3 is 0 Å². The third-order valence-corrected chi connectivity index (χ3v) is 2.47. The summed E-state index contributed by atoms with van der Waals surface area (Å²) in [5.74, 6) is 0. The highest BCUT2D eigenvalue weighted by Crippen LogP contribution is 2.11. The van der Waals surface area contributed by atoms with Crippen LogP contribution in [0.4, 0.5) is 0 Å². The molecule has 0 N–H and O–H groups in total. The lowest BCUT2D eigenvalue weighted by atomic mass is 10.1. The second-order valence-electron chi connectivity index (χ2n) is 3.65. The molecule has 1 rings (SSSR count). The number of unbranched alkanes of at least 4 members (excludes halogenated alkanes) is 1. The Labute approximate surface area is 86.5 Å². The number of aryl methyl sites for hydroxylation is 2. The summed E-state index contributed by atoms with van der Waals surface area (Å²) in [6.45, 7) is 7.48. The van der Waals surface area contributed by atoms with Crippen LogP contribution < -0.4 is 0 Å². The Hall–Kier alpha value is -0.860. The van der Waals surface area contributed by atoms with E-state index in [0.717, 1.165) is 19.4 Å². The van der Waals surface area contributed by atoms with Crippen molar-refractivity contribution in [1.29, 1.82) is 0 Å². The summed E-state index contributed by atoms with van der Waals surface area (Å²) in [6.07, 6.45) is 5.82. The largest absolute Gasteiger partial charge is 0.249 e. The Bertz CT molecular complexity index is 265. The SMILES string of the molecule is CCCCc1nnn(CC)c1CCC. The molecule has 0 aliphatic heterocycles. The van der Waals surface area contributed by atoms with Crippen LogP contribution in [0.15, 0.2) is 0 Å². The van der Waals surface area contributed by atoms with E-state index in [1.165, 1.54) is 30.7 Å². The van der Waals surface area contributed by atoms with Crippen LogP contribution in [0.5, 0.6) is 0 Å². The zero-order valence-corrected chi connectivity index (χ0v) is 9.58. The molecule has 1 aromatic rings. The van der Waals surface area contributed by atoms with Crippen LogP contribution in [-0.4, -0.2) is 15.0 Å². The zero-order valence-electron chi connectivity index (χ0n) is 9.58. The Morgan fingerprint density at radius 2 is 1.86 bits per heavy atom. The molecule has 0 amide bonds. The van der Waals surface area contributed by atoms with Gasteiger partial charge in [-0.2, -0.15) is 0 Å². The highest BCUT2D eigenvalue weighted by atomic mass is 15.4. The van der Waals surface area contributed by atoms with Gasteiger partial charge in [0.2, 0.25) is 0 Å². The Kier molecular flexibility index (Phi) is 4.63. The van der Waals surface area contributed by atoms with Gasteiger partial charge in [0.1, 0.15) is 0 Å². The molecule has 80 valence electrons. The first-order valence-electron chi connectivity index (χ1n) is 5.74. The average Bonchev–Trinajstić information content (AvgIpc) is 2.58. The smallest absolute Gasteiger partial charge is 0.0859 e. The molecule has 1 heterocycles. The van der Waals surface area contributed by atoms with E-state index in [1.807, 2.05) is 4.68 Å². The maximum Gasteiger partial charge on any atom is 0.0859 e. The Morgan fingerprint density at radius 1 is 1.07 bits per heavy atom. The van der Waals surface area contributed by atoms with Gasteiger partial charge in [0.05, 0.1) is 11.4 Å². The molecular formula is C11H21N3. The van der Waals surface area contributed by atoms with E-state index < -0.39 is 0 Å². The minimum Gasteiger partial charge on any atom is -0.249 e. The molecule has 3 nitrogen and oxygen atoms in total. The maximum atomic E-state index is 4.26. The molecule has 0 aliphatic carbocycles. The Balaban J connectivity index is 2.75. The first kappa shape index (κ1) is 11.2. The molecule has 0 saturated heterocycles. The first-order valence-corrected chi connectivity index (χ1v) is 5.74. The number of rotatable bonds is 6. The van der Waals surface area contributed by atoms with Gasteiger partial charge in [0, 0.05) is 6.54 Å². The molecule has 0 fully saturated rings. The molecule has 0 bridgehead atoms. The summed E-state index contributed by atoms with van der Waals surface area (Å²) >= 11 is 0. The predicted octanol–water partition coefficient (Wildman–Crippen LogP) is 2.59. The van der Waals surface area contributed by atoms with Crippen molar-refractivity contribution in [3.05, 3.63) is 11.4 Å². The topological polar surface area (TPSA) is 30.7 Å². The molecule has 0 radical (unpaired) electrons. The molecule has 0 aliphatic rings. The lowest BCUT2D eigenvalue weighted by Gasteiger charge is -2.03. The molecule has 0 saturated carbocycles. The van der Waals surface area contributed by atoms with Gasteiger partial charge in [0.25, 0.3) is 0 Å². The van der Waals surface area contributed by atoms with Crippen LogP contribution in [0.3, 0.4) is 0 Å². The predicted molar refractivity (Wildman–Crippen MR) is 58.3 cm³/mol. The van der Waals surface area contributed by atoms with Crippen LogP contribution in [0.2, 0.25) is 0 Å². The van der Waals surface area contributed by atoms with Crippen molar-refractivity contribution in [2.75, 3.05) is 0 Å². The fourth-order valence-corrected chi connectivity index (χ4v) is 1.67. The van der Waals surface area contributed by atoms with E-state index in [2.05, 4.69) is 31.1 Å². The number of nitrogens with zero attached hydrogens (tertiary/aromatic N) is 3. The van der Waals surface area contributed by atoms with Gasteiger partial charge in [-0.1, -0.05) is 31.9 Å². The molecule has 0 atom stereocenters. The van der Waals surface area contributed by atoms with Crippen LogP contribution >= 0.6 is 0 Å². The quantitative estimate of drug-likeness (QED) is 0.698. The van der Waals surface area contributed by atoms with E-state index in [4.69, 9.17) is 0 Å². The standard InChI is InChI=1S/C11H21N3/c1-4-7-9-10-11(8-5-2)14(6-3)13-12-10/h4-9H2,1-3H3. The molecule has 0 aromatic carbocycles. The van der Waals surface area contributed by atoms with Gasteiger partial charge in [-0.15, -0.1) is 5.10 Å². The van der Waals surface area contributed by atoms with Crippen molar-refractivity contribution in [2.24, 2.45) is 0 Å². The summed E-state index contributed by atoms with van der Waals surface area (Å²) in [4.78, 5) is 0. The van der Waals surface area contributed by atoms with Gasteiger partial charge in [0.15, 0.2) is 0 Å². The molecule has 3 heteroatoms. The van der Waals surface area contributed by atoms with E-state index in [0.29, 0.717) is 0 Å². The van der Waals surface area contributed by atoms with E-state index in [9.17, 15) is 0 Å². The van der Waals surface area contributed by atoms with E-state index in [1.54, 1.807) is 0 Å². The summed E-state index contributed by atoms with van der Waals surface area (Å²) in [5.41, 5.74) is 2.57. The molecule has 0 unspecified atom stereocenters. The summed E-state index contributed by atoms with van der Waals surface area (Å²) in [7, 11) is 0. The molecule has 0 spiro atoms. The number of hydrogen-bond donors (Lipinski definition) is 0. The number of hydrogen-bond acceptors (Lipinski definition) is 2. The minimum absolute atomic E-state index is 0.939. The zero-order chi connectivity index (χ0) is 10.4. The van der Waals surface area contributed by atoms with Crippen molar-refractivity contribution < 1.29 is 0 Å². The van der Waals surface area contributed by atoms with Crippen molar-refractivity contribution in [1.82, 2.24) is 15.0 Å². The molecule has 1 aromatic heterocycles. The first-order chi connectivity index (χ1) is 6.83. The molecule has 14 heavy (non-hydrogen) atoms. The monoisotopic (exact) mass is 195 g/mol. The van der Waals surface area contributed by atoms with Gasteiger partial charge in [-0.25, -0.2) is 4.68 Å². The van der Waals surface area contributed by atoms with Gasteiger partial charge >= 0.3 is 0 Å². The minimum atomic E-state index is 0.939. The third kappa shape index (κ3) is 2.56. The fourth-order valence-electron chi connectivity index (χ4n) is 1.67. The van der Waals surface area contributed by atoms with Crippen LogP contribution in [-0.2, 0) is 19.4 Å².